The molecule has 0 aliphatic carbocycles. The molecule has 2 nitrogen and oxygen atoms in total. The van der Waals surface area contributed by atoms with Crippen LogP contribution in [-0.2, 0) is 0 Å². The Bertz CT molecular complexity index is 646. The summed E-state index contributed by atoms with van der Waals surface area (Å²) in [5, 5.41) is 1.86. The lowest BCUT2D eigenvalue weighted by atomic mass is 10.4. The first kappa shape index (κ1) is 10.7. The second-order valence-electron chi connectivity index (χ2n) is 3.58. The van der Waals surface area contributed by atoms with E-state index in [0.29, 0.717) is 0 Å². The molecule has 0 unspecified atom stereocenters. The molecule has 0 atom stereocenters. The van der Waals surface area contributed by atoms with Gasteiger partial charge in [-0.3, -0.25) is 4.40 Å². The van der Waals surface area contributed by atoms with Gasteiger partial charge in [-0.15, -0.1) is 0 Å². The fourth-order valence-corrected chi connectivity index (χ4v) is 2.61. The van der Waals surface area contributed by atoms with Crippen LogP contribution in [0.3, 0.4) is 0 Å². The van der Waals surface area contributed by atoms with Gasteiger partial charge in [0.2, 0.25) is 0 Å². The minimum Gasteiger partial charge on any atom is -0.294 e. The van der Waals surface area contributed by atoms with E-state index in [1.807, 2.05) is 54.9 Å². The second kappa shape index (κ2) is 4.43. The van der Waals surface area contributed by atoms with Crippen molar-refractivity contribution in [2.45, 2.75) is 9.92 Å². The van der Waals surface area contributed by atoms with E-state index in [1.165, 1.54) is 0 Å². The van der Waals surface area contributed by atoms with Gasteiger partial charge in [0.05, 0.1) is 6.20 Å². The van der Waals surface area contributed by atoms with E-state index in [-0.39, 0.29) is 0 Å². The molecular weight excluding hydrogens is 252 g/mol. The molecule has 2 aromatic heterocycles. The molecule has 0 saturated heterocycles. The van der Waals surface area contributed by atoms with Crippen molar-refractivity contribution in [3.63, 3.8) is 0 Å². The number of aromatic nitrogens is 2. The molecular formula is C13H9ClN2S. The largest absolute Gasteiger partial charge is 0.294 e. The molecule has 2 heterocycles. The lowest BCUT2D eigenvalue weighted by Crippen LogP contribution is -1.84. The first-order valence-corrected chi connectivity index (χ1v) is 6.38. The maximum atomic E-state index is 5.86. The molecule has 0 fully saturated rings. The molecule has 0 amide bonds. The number of pyridine rings is 1. The third-order valence-electron chi connectivity index (χ3n) is 2.42. The van der Waals surface area contributed by atoms with E-state index in [4.69, 9.17) is 11.6 Å². The van der Waals surface area contributed by atoms with Gasteiger partial charge in [-0.2, -0.15) is 0 Å². The second-order valence-corrected chi connectivity index (χ2v) is 5.11. The molecule has 4 heteroatoms. The van der Waals surface area contributed by atoms with Gasteiger partial charge in [-0.25, -0.2) is 4.98 Å². The maximum Gasteiger partial charge on any atom is 0.137 e. The summed E-state index contributed by atoms with van der Waals surface area (Å²) in [5.41, 5.74) is 0.962. The van der Waals surface area contributed by atoms with E-state index in [1.54, 1.807) is 11.8 Å². The average Bonchev–Trinajstić information content (AvgIpc) is 2.76. The molecule has 0 aliphatic heterocycles. The summed E-state index contributed by atoms with van der Waals surface area (Å²) in [6.45, 7) is 0. The van der Waals surface area contributed by atoms with Crippen molar-refractivity contribution in [3.8, 4) is 0 Å². The first-order valence-electron chi connectivity index (χ1n) is 5.18. The predicted molar refractivity (Wildman–Crippen MR) is 70.8 cm³/mol. The molecule has 84 valence electrons. The lowest BCUT2D eigenvalue weighted by Gasteiger charge is -2.01. The topological polar surface area (TPSA) is 17.3 Å². The van der Waals surface area contributed by atoms with Crippen LogP contribution >= 0.6 is 23.4 Å². The fraction of sp³-hybridized carbons (Fsp3) is 0. The fourth-order valence-electron chi connectivity index (χ4n) is 1.61. The van der Waals surface area contributed by atoms with Crippen LogP contribution in [0.5, 0.6) is 0 Å². The monoisotopic (exact) mass is 260 g/mol. The SMILES string of the molecule is Clc1ccc(Sc2cnc3ccccn23)cc1. The lowest BCUT2D eigenvalue weighted by molar-refractivity contribution is 1.05. The minimum atomic E-state index is 0.757. The number of hydrogen-bond donors (Lipinski definition) is 0. The zero-order valence-corrected chi connectivity index (χ0v) is 10.4. The Kier molecular flexibility index (Phi) is 2.79. The number of nitrogens with zero attached hydrogens (tertiary/aromatic N) is 2. The maximum absolute atomic E-state index is 5.86. The number of rotatable bonds is 2. The van der Waals surface area contributed by atoms with Crippen LogP contribution in [0.1, 0.15) is 0 Å². The number of imidazole rings is 1. The summed E-state index contributed by atoms with van der Waals surface area (Å²) in [6, 6.07) is 13.8. The number of benzene rings is 1. The quantitative estimate of drug-likeness (QED) is 0.689. The molecule has 1 aromatic carbocycles. The standard InChI is InChI=1S/C13H9ClN2S/c14-10-4-6-11(7-5-10)17-13-9-15-12-3-1-2-8-16(12)13/h1-9H. The van der Waals surface area contributed by atoms with Gasteiger partial charge in [0.15, 0.2) is 0 Å². The number of halogens is 1. The third-order valence-corrected chi connectivity index (χ3v) is 3.69. The molecule has 17 heavy (non-hydrogen) atoms. The van der Waals surface area contributed by atoms with Crippen LogP contribution in [0.4, 0.5) is 0 Å². The Morgan fingerprint density at radius 2 is 1.88 bits per heavy atom. The zero-order chi connectivity index (χ0) is 11.7. The van der Waals surface area contributed by atoms with Gasteiger partial charge in [0.25, 0.3) is 0 Å². The van der Waals surface area contributed by atoms with Gasteiger partial charge in [-0.1, -0.05) is 29.4 Å². The number of fused-ring (bicyclic) bond motifs is 1. The Hall–Kier alpha value is -1.45. The predicted octanol–water partition coefficient (Wildman–Crippen LogP) is 4.14. The summed E-state index contributed by atoms with van der Waals surface area (Å²) in [5.74, 6) is 0. The minimum absolute atomic E-state index is 0.757. The van der Waals surface area contributed by atoms with Crippen molar-refractivity contribution < 1.29 is 0 Å². The van der Waals surface area contributed by atoms with E-state index in [9.17, 15) is 0 Å². The summed E-state index contributed by atoms with van der Waals surface area (Å²) in [7, 11) is 0. The summed E-state index contributed by atoms with van der Waals surface area (Å²) >= 11 is 7.54. The van der Waals surface area contributed by atoms with E-state index in [2.05, 4.69) is 9.38 Å². The van der Waals surface area contributed by atoms with Crippen molar-refractivity contribution in [2.75, 3.05) is 0 Å². The molecule has 0 N–H and O–H groups in total. The van der Waals surface area contributed by atoms with Crippen molar-refractivity contribution >= 4 is 29.0 Å². The van der Waals surface area contributed by atoms with Crippen LogP contribution in [-0.4, -0.2) is 9.38 Å². The Morgan fingerprint density at radius 1 is 1.06 bits per heavy atom. The molecule has 0 aliphatic rings. The van der Waals surface area contributed by atoms with Crippen LogP contribution in [0.15, 0.2) is 64.8 Å². The van der Waals surface area contributed by atoms with Crippen molar-refractivity contribution in [3.05, 3.63) is 59.9 Å². The Morgan fingerprint density at radius 3 is 2.71 bits per heavy atom. The molecule has 0 radical (unpaired) electrons. The highest BCUT2D eigenvalue weighted by Gasteiger charge is 2.04. The van der Waals surface area contributed by atoms with Crippen molar-refractivity contribution in [1.29, 1.82) is 0 Å². The highest BCUT2D eigenvalue weighted by molar-refractivity contribution is 7.99. The summed E-state index contributed by atoms with van der Waals surface area (Å²) in [4.78, 5) is 5.50. The molecule has 0 spiro atoms. The molecule has 0 saturated carbocycles. The normalized spacial score (nSPS) is 10.9. The van der Waals surface area contributed by atoms with Crippen LogP contribution in [0.2, 0.25) is 5.02 Å². The molecule has 3 aromatic rings. The third kappa shape index (κ3) is 2.16. The molecule has 0 bridgehead atoms. The Labute approximate surface area is 108 Å². The highest BCUT2D eigenvalue weighted by Crippen LogP contribution is 2.28. The van der Waals surface area contributed by atoms with Crippen LogP contribution in [0.25, 0.3) is 5.65 Å². The van der Waals surface area contributed by atoms with Gasteiger partial charge in [0, 0.05) is 16.1 Å². The van der Waals surface area contributed by atoms with Crippen molar-refractivity contribution in [1.82, 2.24) is 9.38 Å². The van der Waals surface area contributed by atoms with Gasteiger partial charge < -0.3 is 0 Å². The van der Waals surface area contributed by atoms with Crippen LogP contribution < -0.4 is 0 Å². The van der Waals surface area contributed by atoms with Gasteiger partial charge in [0.1, 0.15) is 10.7 Å². The van der Waals surface area contributed by atoms with E-state index < -0.39 is 0 Å². The van der Waals surface area contributed by atoms with Crippen LogP contribution in [0, 0.1) is 0 Å². The summed E-state index contributed by atoms with van der Waals surface area (Å²) in [6.07, 6.45) is 3.90. The first-order chi connectivity index (χ1) is 8.33. The molecule has 3 rings (SSSR count). The number of hydrogen-bond acceptors (Lipinski definition) is 2. The zero-order valence-electron chi connectivity index (χ0n) is 8.88. The van der Waals surface area contributed by atoms with E-state index >= 15 is 0 Å². The Balaban J connectivity index is 1.97. The van der Waals surface area contributed by atoms with Crippen molar-refractivity contribution in [2.24, 2.45) is 0 Å². The average molecular weight is 261 g/mol. The smallest absolute Gasteiger partial charge is 0.137 e. The van der Waals surface area contributed by atoms with Gasteiger partial charge >= 0.3 is 0 Å². The van der Waals surface area contributed by atoms with E-state index in [0.717, 1.165) is 20.6 Å². The van der Waals surface area contributed by atoms with Gasteiger partial charge in [-0.05, 0) is 36.4 Å². The highest BCUT2D eigenvalue weighted by atomic mass is 35.5. The summed E-state index contributed by atoms with van der Waals surface area (Å²) < 4.78 is 2.07.